The van der Waals surface area contributed by atoms with Gasteiger partial charge in [-0.1, -0.05) is 78.9 Å². The van der Waals surface area contributed by atoms with E-state index in [0.29, 0.717) is 0 Å². The fourth-order valence-electron chi connectivity index (χ4n) is 2.80. The van der Waals surface area contributed by atoms with Crippen LogP contribution in [0.1, 0.15) is 11.3 Å². The molecule has 0 unspecified atom stereocenters. The summed E-state index contributed by atoms with van der Waals surface area (Å²) in [4.78, 5) is -0.185. The van der Waals surface area contributed by atoms with Crippen molar-refractivity contribution in [2.45, 2.75) is 18.4 Å². The zero-order chi connectivity index (χ0) is 20.7. The molecule has 6 heteroatoms. The van der Waals surface area contributed by atoms with E-state index in [4.69, 9.17) is 4.42 Å². The minimum Gasteiger partial charge on any atom is -0.744 e. The van der Waals surface area contributed by atoms with Gasteiger partial charge in [0.15, 0.2) is 6.54 Å². The number of hydrogen-bond acceptors (Lipinski definition) is 4. The molecule has 0 aliphatic carbocycles. The van der Waals surface area contributed by atoms with Crippen LogP contribution >= 0.6 is 0 Å². The van der Waals surface area contributed by atoms with Crippen LogP contribution in [0.3, 0.4) is 0 Å². The summed E-state index contributed by atoms with van der Waals surface area (Å²) in [5, 5.41) is 0. The minimum absolute atomic E-state index is 0.185. The number of benzene rings is 3. The van der Waals surface area contributed by atoms with Crippen molar-refractivity contribution in [3.8, 4) is 11.3 Å². The van der Waals surface area contributed by atoms with Crippen LogP contribution in [0.25, 0.3) is 11.3 Å². The van der Waals surface area contributed by atoms with Gasteiger partial charge >= 0.3 is 6.39 Å². The first-order valence-electron chi connectivity index (χ1n) is 9.03. The van der Waals surface area contributed by atoms with Crippen LogP contribution in [0.4, 0.5) is 0 Å². The minimum atomic E-state index is -4.25. The molecule has 1 heterocycles. The van der Waals surface area contributed by atoms with Crippen molar-refractivity contribution in [3.05, 3.63) is 109 Å². The largest absolute Gasteiger partial charge is 0.744 e. The molecule has 0 aliphatic rings. The first kappa shape index (κ1) is 20.5. The number of hydrogen-bond donors (Lipinski definition) is 0. The molecule has 1 aromatic heterocycles. The lowest BCUT2D eigenvalue weighted by Gasteiger charge is -2.04. The summed E-state index contributed by atoms with van der Waals surface area (Å²) in [6.07, 6.45) is 1.80. The number of nitrogens with zero attached hydrogens (tertiary/aromatic N) is 1. The molecule has 0 fully saturated rings. The van der Waals surface area contributed by atoms with Crippen molar-refractivity contribution in [2.24, 2.45) is 0 Å². The van der Waals surface area contributed by atoms with Gasteiger partial charge in [-0.25, -0.2) is 8.42 Å². The Kier molecular flexibility index (Phi) is 6.59. The lowest BCUT2D eigenvalue weighted by atomic mass is 10.1. The second kappa shape index (κ2) is 9.32. The van der Waals surface area contributed by atoms with Gasteiger partial charge in [-0.05, 0) is 12.1 Å². The van der Waals surface area contributed by atoms with Gasteiger partial charge in [-0.3, -0.25) is 0 Å². The van der Waals surface area contributed by atoms with Crippen LogP contribution < -0.4 is 4.57 Å². The van der Waals surface area contributed by atoms with E-state index in [0.717, 1.165) is 23.6 Å². The van der Waals surface area contributed by atoms with Crippen LogP contribution in [0.2, 0.25) is 0 Å². The summed E-state index contributed by atoms with van der Waals surface area (Å²) in [7, 11) is -4.25. The number of oxazole rings is 1. The average molecular weight is 407 g/mol. The van der Waals surface area contributed by atoms with Crippen LogP contribution in [0.15, 0.2) is 107 Å². The van der Waals surface area contributed by atoms with E-state index in [9.17, 15) is 13.0 Å². The third-order valence-electron chi connectivity index (χ3n) is 4.32. The van der Waals surface area contributed by atoms with E-state index in [1.54, 1.807) is 12.5 Å². The average Bonchev–Trinajstić information content (AvgIpc) is 3.10. The van der Waals surface area contributed by atoms with E-state index in [-0.39, 0.29) is 4.90 Å². The normalized spacial score (nSPS) is 10.8. The van der Waals surface area contributed by atoms with Gasteiger partial charge in [0.1, 0.15) is 10.1 Å². The highest BCUT2D eigenvalue weighted by Crippen LogP contribution is 2.21. The Hall–Kier alpha value is -3.22. The molecule has 0 saturated carbocycles. The summed E-state index contributed by atoms with van der Waals surface area (Å²) in [5.41, 5.74) is 3.54. The van der Waals surface area contributed by atoms with E-state index in [1.807, 2.05) is 24.3 Å². The molecule has 4 rings (SSSR count). The van der Waals surface area contributed by atoms with E-state index in [2.05, 4.69) is 47.9 Å². The molecular weight excluding hydrogens is 386 g/mol. The van der Waals surface area contributed by atoms with E-state index >= 15 is 0 Å². The Bertz CT molecular complexity index is 1140. The first-order valence-corrected chi connectivity index (χ1v) is 10.4. The predicted octanol–water partition coefficient (Wildman–Crippen LogP) is 4.18. The summed E-state index contributed by atoms with van der Waals surface area (Å²) in [5.74, 6) is 0.941. The smallest absolute Gasteiger partial charge is 0.335 e. The Morgan fingerprint density at radius 3 is 1.86 bits per heavy atom. The highest BCUT2D eigenvalue weighted by atomic mass is 32.2. The van der Waals surface area contributed by atoms with Crippen molar-refractivity contribution in [1.82, 2.24) is 0 Å². The SMILES string of the molecule is Cc1c(-c2ccccc2)oc[n+]1Cc1ccccc1.O=S(=O)([O-])c1ccccc1. The van der Waals surface area contributed by atoms with Crippen molar-refractivity contribution in [1.29, 1.82) is 0 Å². The summed E-state index contributed by atoms with van der Waals surface area (Å²) in [6.45, 7) is 2.93. The molecule has 0 amide bonds. The third-order valence-corrected chi connectivity index (χ3v) is 5.17. The number of rotatable bonds is 4. The van der Waals surface area contributed by atoms with Crippen LogP contribution in [-0.2, 0) is 16.7 Å². The monoisotopic (exact) mass is 407 g/mol. The van der Waals surface area contributed by atoms with Gasteiger partial charge < -0.3 is 8.97 Å². The topological polar surface area (TPSA) is 74.2 Å². The first-order chi connectivity index (χ1) is 13.9. The van der Waals surface area contributed by atoms with E-state index < -0.39 is 10.1 Å². The lowest BCUT2D eigenvalue weighted by Crippen LogP contribution is -2.34. The highest BCUT2D eigenvalue weighted by Gasteiger charge is 2.18. The van der Waals surface area contributed by atoms with Gasteiger partial charge in [0.2, 0.25) is 11.5 Å². The Morgan fingerprint density at radius 1 is 0.828 bits per heavy atom. The maximum Gasteiger partial charge on any atom is 0.335 e. The van der Waals surface area contributed by atoms with Gasteiger partial charge in [0.05, 0.1) is 4.90 Å². The molecule has 148 valence electrons. The van der Waals surface area contributed by atoms with Gasteiger partial charge in [-0.15, -0.1) is 0 Å². The molecular formula is C23H21NO4S. The quantitative estimate of drug-likeness (QED) is 0.376. The Balaban J connectivity index is 0.000000204. The molecule has 4 aromatic rings. The Labute approximate surface area is 170 Å². The van der Waals surface area contributed by atoms with Crippen molar-refractivity contribution in [3.63, 3.8) is 0 Å². The molecule has 0 atom stereocenters. The van der Waals surface area contributed by atoms with Gasteiger partial charge in [0, 0.05) is 18.1 Å². The molecule has 0 spiro atoms. The molecule has 0 bridgehead atoms. The molecule has 29 heavy (non-hydrogen) atoms. The van der Waals surface area contributed by atoms with Crippen molar-refractivity contribution < 1.29 is 22.0 Å². The molecule has 0 N–H and O–H groups in total. The van der Waals surface area contributed by atoms with E-state index in [1.165, 1.54) is 29.8 Å². The fraction of sp³-hybridized carbons (Fsp3) is 0.0870. The maximum atomic E-state index is 10.3. The molecule has 0 radical (unpaired) electrons. The van der Waals surface area contributed by atoms with Crippen LogP contribution in [-0.4, -0.2) is 13.0 Å². The second-order valence-electron chi connectivity index (χ2n) is 6.38. The fourth-order valence-corrected chi connectivity index (χ4v) is 3.29. The van der Waals surface area contributed by atoms with Crippen molar-refractivity contribution >= 4 is 10.1 Å². The maximum absolute atomic E-state index is 10.3. The second-order valence-corrected chi connectivity index (χ2v) is 7.76. The van der Waals surface area contributed by atoms with Crippen molar-refractivity contribution in [2.75, 3.05) is 0 Å². The molecule has 0 aliphatic heterocycles. The summed E-state index contributed by atoms with van der Waals surface area (Å²) in [6, 6.07) is 27.8. The lowest BCUT2D eigenvalue weighted by molar-refractivity contribution is -0.696. The highest BCUT2D eigenvalue weighted by molar-refractivity contribution is 7.85. The summed E-state index contributed by atoms with van der Waals surface area (Å²) >= 11 is 0. The zero-order valence-corrected chi connectivity index (χ0v) is 16.7. The third kappa shape index (κ3) is 5.63. The predicted molar refractivity (Wildman–Crippen MR) is 109 cm³/mol. The van der Waals surface area contributed by atoms with Gasteiger partial charge in [0.25, 0.3) is 0 Å². The van der Waals surface area contributed by atoms with Crippen LogP contribution in [0.5, 0.6) is 0 Å². The van der Waals surface area contributed by atoms with Crippen LogP contribution in [0, 0.1) is 6.92 Å². The standard InChI is InChI=1S/C17H16NO.C6H6O3S/c1-14-17(16-10-6-3-7-11-16)19-13-18(14)12-15-8-4-2-5-9-15;7-10(8,9)6-4-2-1-3-5-6/h2-11,13H,12H2,1H3;1-5H,(H,7,8,9)/q+1;/p-1. The zero-order valence-electron chi connectivity index (χ0n) is 15.9. The summed E-state index contributed by atoms with van der Waals surface area (Å²) < 4.78 is 38.7. The molecule has 3 aromatic carbocycles. The molecule has 5 nitrogen and oxygen atoms in total. The number of aromatic nitrogens is 1. The van der Waals surface area contributed by atoms with Gasteiger partial charge in [-0.2, -0.15) is 4.57 Å². The Morgan fingerprint density at radius 2 is 1.34 bits per heavy atom. The molecule has 0 saturated heterocycles.